The molecule has 17 heavy (non-hydrogen) atoms. The molecule has 2 heterocycles. The molecular weight excluding hydrogens is 214 g/mol. The van der Waals surface area contributed by atoms with Gasteiger partial charge in [0.1, 0.15) is 0 Å². The number of nitrogens with one attached hydrogen (secondary N) is 1. The zero-order valence-corrected chi connectivity index (χ0v) is 10.3. The number of hydrogen-bond acceptors (Lipinski definition) is 4. The Bertz CT molecular complexity index is 319. The van der Waals surface area contributed by atoms with E-state index in [9.17, 15) is 0 Å². The first-order valence-corrected chi connectivity index (χ1v) is 6.97. The Balaban J connectivity index is 1.68. The molecule has 3 rings (SSSR count). The Morgan fingerprint density at radius 3 is 2.59 bits per heavy atom. The molecule has 2 aliphatic rings. The van der Waals surface area contributed by atoms with E-state index in [4.69, 9.17) is 4.52 Å². The summed E-state index contributed by atoms with van der Waals surface area (Å²) >= 11 is 0. The molecule has 1 atom stereocenters. The Hall–Kier alpha value is -0.900. The Kier molecular flexibility index (Phi) is 3.41. The maximum absolute atomic E-state index is 5.47. The van der Waals surface area contributed by atoms with Gasteiger partial charge in [0.05, 0.1) is 0 Å². The molecule has 0 amide bonds. The molecule has 0 spiro atoms. The van der Waals surface area contributed by atoms with Crippen LogP contribution in [0.2, 0.25) is 0 Å². The van der Waals surface area contributed by atoms with E-state index in [0.29, 0.717) is 11.8 Å². The minimum absolute atomic E-state index is 0.463. The lowest BCUT2D eigenvalue weighted by molar-refractivity contribution is 0.309. The summed E-state index contributed by atoms with van der Waals surface area (Å²) in [5, 5.41) is 7.59. The van der Waals surface area contributed by atoms with Crippen molar-refractivity contribution >= 4 is 0 Å². The van der Waals surface area contributed by atoms with Gasteiger partial charge in [-0.25, -0.2) is 0 Å². The molecule has 4 nitrogen and oxygen atoms in total. The molecule has 0 bridgehead atoms. The van der Waals surface area contributed by atoms with Crippen molar-refractivity contribution < 1.29 is 4.52 Å². The molecule has 94 valence electrons. The van der Waals surface area contributed by atoms with Crippen LogP contribution in [0.3, 0.4) is 0 Å². The zero-order chi connectivity index (χ0) is 11.5. The molecule has 1 saturated heterocycles. The van der Waals surface area contributed by atoms with Gasteiger partial charge in [-0.05, 0) is 32.2 Å². The van der Waals surface area contributed by atoms with Crippen LogP contribution in [0, 0.1) is 0 Å². The van der Waals surface area contributed by atoms with Crippen molar-refractivity contribution in [1.82, 2.24) is 15.5 Å². The lowest BCUT2D eigenvalue weighted by atomic mass is 9.89. The zero-order valence-electron chi connectivity index (χ0n) is 10.3. The molecule has 1 aromatic heterocycles. The van der Waals surface area contributed by atoms with Gasteiger partial charge in [-0.3, -0.25) is 0 Å². The average molecular weight is 235 g/mol. The smallest absolute Gasteiger partial charge is 0.229 e. The molecule has 1 aliphatic carbocycles. The van der Waals surface area contributed by atoms with E-state index >= 15 is 0 Å². The number of hydrogen-bond donors (Lipinski definition) is 1. The highest BCUT2D eigenvalue weighted by molar-refractivity contribution is 5.01. The van der Waals surface area contributed by atoms with E-state index < -0.39 is 0 Å². The van der Waals surface area contributed by atoms with Gasteiger partial charge in [0.25, 0.3) is 0 Å². The molecule has 0 aromatic carbocycles. The first-order valence-electron chi connectivity index (χ1n) is 6.97. The number of piperidine rings is 1. The molecule has 2 fully saturated rings. The van der Waals surface area contributed by atoms with Gasteiger partial charge in [-0.15, -0.1) is 0 Å². The number of aromatic nitrogens is 2. The fourth-order valence-corrected chi connectivity index (χ4v) is 3.00. The van der Waals surface area contributed by atoms with E-state index in [2.05, 4.69) is 15.5 Å². The predicted octanol–water partition coefficient (Wildman–Crippen LogP) is 2.58. The molecule has 1 unspecified atom stereocenters. The summed E-state index contributed by atoms with van der Waals surface area (Å²) in [6.45, 7) is 2.13. The highest BCUT2D eigenvalue weighted by atomic mass is 16.5. The van der Waals surface area contributed by atoms with Crippen molar-refractivity contribution in [3.05, 3.63) is 11.7 Å². The molecule has 0 radical (unpaired) electrons. The minimum Gasteiger partial charge on any atom is -0.339 e. The summed E-state index contributed by atoms with van der Waals surface area (Å²) in [5.74, 6) is 2.81. The third-order valence-corrected chi connectivity index (χ3v) is 4.07. The first kappa shape index (κ1) is 11.2. The van der Waals surface area contributed by atoms with Gasteiger partial charge in [0.2, 0.25) is 5.89 Å². The van der Waals surface area contributed by atoms with Crippen molar-refractivity contribution in [3.63, 3.8) is 0 Å². The maximum Gasteiger partial charge on any atom is 0.229 e. The molecule has 1 aromatic rings. The van der Waals surface area contributed by atoms with Crippen LogP contribution in [0.15, 0.2) is 4.52 Å². The number of nitrogens with zero attached hydrogens (tertiary/aromatic N) is 2. The average Bonchev–Trinajstić information content (AvgIpc) is 2.90. The van der Waals surface area contributed by atoms with Gasteiger partial charge < -0.3 is 9.84 Å². The van der Waals surface area contributed by atoms with Crippen LogP contribution < -0.4 is 5.32 Å². The van der Waals surface area contributed by atoms with Crippen LogP contribution in [0.4, 0.5) is 0 Å². The minimum atomic E-state index is 0.463. The lowest BCUT2D eigenvalue weighted by Crippen LogP contribution is -2.28. The molecule has 1 saturated carbocycles. The van der Waals surface area contributed by atoms with Crippen molar-refractivity contribution in [3.8, 4) is 0 Å². The fourth-order valence-electron chi connectivity index (χ4n) is 3.00. The monoisotopic (exact) mass is 235 g/mol. The summed E-state index contributed by atoms with van der Waals surface area (Å²) in [6, 6.07) is 0. The second kappa shape index (κ2) is 5.17. The van der Waals surface area contributed by atoms with Gasteiger partial charge in [-0.1, -0.05) is 24.4 Å². The third kappa shape index (κ3) is 2.51. The largest absolute Gasteiger partial charge is 0.339 e. The van der Waals surface area contributed by atoms with Gasteiger partial charge in [0.15, 0.2) is 5.82 Å². The topological polar surface area (TPSA) is 51.0 Å². The third-order valence-electron chi connectivity index (χ3n) is 4.07. The van der Waals surface area contributed by atoms with Gasteiger partial charge >= 0.3 is 0 Å². The molecule has 1 N–H and O–H groups in total. The second-order valence-corrected chi connectivity index (χ2v) is 5.37. The fraction of sp³-hybridized carbons (Fsp3) is 0.846. The van der Waals surface area contributed by atoms with Gasteiger partial charge in [0, 0.05) is 18.4 Å². The van der Waals surface area contributed by atoms with Crippen LogP contribution in [-0.4, -0.2) is 23.2 Å². The highest BCUT2D eigenvalue weighted by Gasteiger charge is 2.25. The van der Waals surface area contributed by atoms with Crippen LogP contribution in [0.1, 0.15) is 68.5 Å². The van der Waals surface area contributed by atoms with Crippen LogP contribution in [0.5, 0.6) is 0 Å². The maximum atomic E-state index is 5.47. The van der Waals surface area contributed by atoms with Crippen molar-refractivity contribution in [2.45, 2.75) is 56.8 Å². The predicted molar refractivity (Wildman–Crippen MR) is 65.0 cm³/mol. The Labute approximate surface area is 102 Å². The van der Waals surface area contributed by atoms with Crippen molar-refractivity contribution in [2.24, 2.45) is 0 Å². The summed E-state index contributed by atoms with van der Waals surface area (Å²) in [7, 11) is 0. The Morgan fingerprint density at radius 1 is 1.00 bits per heavy atom. The van der Waals surface area contributed by atoms with E-state index in [-0.39, 0.29) is 0 Å². The standard InChI is InChI=1S/C13H21N3O/c1-2-5-10(6-3-1)13-15-12(16-17-13)11-7-4-8-14-9-11/h10-11,14H,1-9H2. The second-order valence-electron chi connectivity index (χ2n) is 5.37. The van der Waals surface area contributed by atoms with Crippen LogP contribution >= 0.6 is 0 Å². The van der Waals surface area contributed by atoms with E-state index in [1.807, 2.05) is 0 Å². The summed E-state index contributed by atoms with van der Waals surface area (Å²) < 4.78 is 5.47. The molecule has 1 aliphatic heterocycles. The highest BCUT2D eigenvalue weighted by Crippen LogP contribution is 2.32. The number of rotatable bonds is 2. The van der Waals surface area contributed by atoms with E-state index in [1.165, 1.54) is 44.9 Å². The molecule has 4 heteroatoms. The normalized spacial score (nSPS) is 27.2. The van der Waals surface area contributed by atoms with Crippen LogP contribution in [0.25, 0.3) is 0 Å². The van der Waals surface area contributed by atoms with Gasteiger partial charge in [-0.2, -0.15) is 4.98 Å². The van der Waals surface area contributed by atoms with E-state index in [0.717, 1.165) is 24.8 Å². The molecular formula is C13H21N3O. The van der Waals surface area contributed by atoms with Crippen molar-refractivity contribution in [1.29, 1.82) is 0 Å². The quantitative estimate of drug-likeness (QED) is 0.856. The van der Waals surface area contributed by atoms with Crippen molar-refractivity contribution in [2.75, 3.05) is 13.1 Å². The van der Waals surface area contributed by atoms with E-state index in [1.54, 1.807) is 0 Å². The summed E-state index contributed by atoms with van der Waals surface area (Å²) in [5.41, 5.74) is 0. The first-order chi connectivity index (χ1) is 8.43. The summed E-state index contributed by atoms with van der Waals surface area (Å²) in [4.78, 5) is 4.64. The Morgan fingerprint density at radius 2 is 1.82 bits per heavy atom. The summed E-state index contributed by atoms with van der Waals surface area (Å²) in [6.07, 6.45) is 8.86. The lowest BCUT2D eigenvalue weighted by Gasteiger charge is -2.19. The SMILES string of the molecule is C1CCC(c2nc(C3CCCNC3)no2)CC1. The van der Waals surface area contributed by atoms with Crippen LogP contribution in [-0.2, 0) is 0 Å².